The number of carbonyl (C=O) groups excluding carboxylic acids is 9. The van der Waals surface area contributed by atoms with E-state index in [-0.39, 0.29) is 76.6 Å². The molecule has 0 aromatic heterocycles. The number of nitrogens with zero attached hydrogens (tertiary/aromatic N) is 2. The fourth-order valence-electron chi connectivity index (χ4n) is 9.91. The number of hydrogen-bond acceptors (Lipinski definition) is 15. The van der Waals surface area contributed by atoms with Crippen molar-refractivity contribution in [2.75, 3.05) is 19.7 Å². The maximum absolute atomic E-state index is 13.8. The van der Waals surface area contributed by atoms with Crippen molar-refractivity contribution in [3.05, 3.63) is 24.3 Å². The van der Waals surface area contributed by atoms with Crippen LogP contribution in [-0.2, 0) is 62.0 Å². The van der Waals surface area contributed by atoms with E-state index >= 15 is 0 Å². The first-order valence-electron chi connectivity index (χ1n) is 26.1. The fourth-order valence-corrected chi connectivity index (χ4v) is 9.91. The van der Waals surface area contributed by atoms with Gasteiger partial charge in [0.15, 0.2) is 0 Å². The second kappa shape index (κ2) is 31.1. The molecule has 436 valence electrons. The Kier molecular flexibility index (Phi) is 27.9. The van der Waals surface area contributed by atoms with Gasteiger partial charge in [-0.2, -0.15) is 0 Å². The van der Waals surface area contributed by atoms with Gasteiger partial charge < -0.3 is 66.8 Å². The maximum Gasteiger partial charge on any atom is 1.00 e. The maximum atomic E-state index is 13.8. The molecule has 26 heteroatoms. The van der Waals surface area contributed by atoms with Gasteiger partial charge in [0.05, 0.1) is 19.7 Å². The Morgan fingerprint density at radius 2 is 1.06 bits per heavy atom. The summed E-state index contributed by atoms with van der Waals surface area (Å²) in [6.07, 6.45) is 12.5. The number of carbonyl (C=O) groups is 10. The summed E-state index contributed by atoms with van der Waals surface area (Å²) >= 11 is 4.24. The van der Waals surface area contributed by atoms with E-state index in [0.29, 0.717) is 32.1 Å². The number of ether oxygens (including phenoxy) is 5. The topological polar surface area (TPSA) is 323 Å². The average molecular weight is 1320 g/mol. The standard InChI is InChI=1S/C27H41N3O8.C25H37N3O8.I2.Li.H2O.H/c1-6-36-24(34)27-15-18(27)12-10-8-7-9-11-13-20(28-25(35)38-26(3,4)5)23(33)30-16-19(37-17(2)31)14-21(30)22(32)29-27;1-15(29)35-17-12-19-20(30)27-25(22(32)33)13-16(25)10-8-6-5-7-9-11-18(21(31)28(19)14-17)26-23(34)36-24(2,3)4;1-2;;;/h10,12,18-21H,6-9,11,13-16H2,1-5H3,(H,28,35)(H,29,32);8,10,16-19H,5-7,9,11-14H2,1-4H3,(H,26,34)(H,27,30)(H,32,33);;;1H2;/q;;;+1;;-1/b12-10-;10-8-;;;;/t18-,19-,20+,21+,27-;16-,17-,18+,19+,25-;;;;/m11..../s1. The molecular formula is C52H81I2LiN6O17. The van der Waals surface area contributed by atoms with Crippen LogP contribution < -0.4 is 40.1 Å². The second-order valence-electron chi connectivity index (χ2n) is 22.0. The van der Waals surface area contributed by atoms with Gasteiger partial charge in [0.2, 0.25) is 23.6 Å². The number of alkyl carbamates (subject to hydrolysis) is 2. The minimum absolute atomic E-state index is 0. The van der Waals surface area contributed by atoms with Crippen molar-refractivity contribution in [2.45, 2.75) is 211 Å². The van der Waals surface area contributed by atoms with Gasteiger partial charge in [-0.3, -0.25) is 28.8 Å². The van der Waals surface area contributed by atoms with Crippen molar-refractivity contribution in [3.8, 4) is 0 Å². The van der Waals surface area contributed by atoms with E-state index in [9.17, 15) is 53.1 Å². The number of aliphatic carboxylic acids is 1. The smallest absolute Gasteiger partial charge is 1.00 e. The summed E-state index contributed by atoms with van der Waals surface area (Å²) in [7, 11) is 0. The van der Waals surface area contributed by atoms with Crippen LogP contribution >= 0.6 is 37.2 Å². The fraction of sp³-hybridized carbons (Fsp3) is 0.731. The summed E-state index contributed by atoms with van der Waals surface area (Å²) < 4.78 is 26.6. The number of allylic oxidation sites excluding steroid dienone is 2. The molecule has 4 aliphatic heterocycles. The Morgan fingerprint density at radius 3 is 1.44 bits per heavy atom. The van der Waals surface area contributed by atoms with Crippen molar-refractivity contribution in [1.29, 1.82) is 0 Å². The third-order valence-electron chi connectivity index (χ3n) is 13.5. The summed E-state index contributed by atoms with van der Waals surface area (Å²) in [6, 6.07) is -3.91. The van der Waals surface area contributed by atoms with Crippen molar-refractivity contribution in [2.24, 2.45) is 11.8 Å². The number of carboxylic acids is 1. The molecule has 78 heavy (non-hydrogen) atoms. The number of fused-ring (bicyclic) bond motifs is 4. The number of esters is 3. The molecule has 7 N–H and O–H groups in total. The Labute approximate surface area is 493 Å². The normalized spacial score (nSPS) is 29.9. The first-order valence-corrected chi connectivity index (χ1v) is 32.4. The Morgan fingerprint density at radius 1 is 0.679 bits per heavy atom. The largest absolute Gasteiger partial charge is 1.00 e. The van der Waals surface area contributed by atoms with Gasteiger partial charge >= 0.3 is 54.9 Å². The number of nitrogens with one attached hydrogen (secondary N) is 4. The molecule has 0 unspecified atom stereocenters. The Bertz CT molecular complexity index is 2220. The van der Waals surface area contributed by atoms with Crippen molar-refractivity contribution >= 4 is 96.9 Å². The monoisotopic (exact) mass is 1320 g/mol. The van der Waals surface area contributed by atoms with E-state index < -0.39 is 118 Å². The van der Waals surface area contributed by atoms with Gasteiger partial charge in [-0.25, -0.2) is 19.2 Å². The minimum atomic E-state index is -1.42. The van der Waals surface area contributed by atoms with Crippen LogP contribution in [0.4, 0.5) is 9.59 Å². The van der Waals surface area contributed by atoms with Crippen LogP contribution in [0.15, 0.2) is 24.3 Å². The Balaban J connectivity index is 0.000000740. The SMILES string of the molecule is CC(=O)O[C@@H]1C[C@H]2C(=O)N[C@]3(C(=O)O)C[C@H]3/C=C\CCCCC[C@H](NC(=O)OC(C)(C)C)C(=O)N2C1.CCOC(=O)[C@@]12C[C@H]1/C=C\CCCCC[C@H](NC(=O)OC(C)(C)C)C(=O)N1C[C@H](OC(C)=O)C[C@H]1C(=O)N2.II.O.[H-].[Li+]. The van der Waals surface area contributed by atoms with E-state index in [1.165, 1.54) is 23.6 Å². The summed E-state index contributed by atoms with van der Waals surface area (Å²) in [5.74, 6) is -5.36. The molecule has 0 aromatic rings. The number of rotatable bonds is 7. The molecule has 23 nitrogen and oxygen atoms in total. The molecule has 2 aliphatic carbocycles. The van der Waals surface area contributed by atoms with Gasteiger partial charge in [-0.05, 0) is 99.8 Å². The van der Waals surface area contributed by atoms with Gasteiger partial charge in [0.25, 0.3) is 0 Å². The van der Waals surface area contributed by atoms with Crippen LogP contribution in [0, 0.1) is 11.8 Å². The molecular weight excluding hydrogens is 1240 g/mol. The summed E-state index contributed by atoms with van der Waals surface area (Å²) in [6.45, 7) is 14.7. The number of carboxylic acid groups (broad SMARTS) is 1. The number of amides is 6. The zero-order valence-electron chi connectivity index (χ0n) is 47.7. The first kappa shape index (κ1) is 69.9. The third-order valence-corrected chi connectivity index (χ3v) is 13.5. The van der Waals surface area contributed by atoms with Gasteiger partial charge in [-0.1, -0.05) is 50.0 Å². The van der Waals surface area contributed by atoms with E-state index in [0.717, 1.165) is 38.5 Å². The number of halogens is 2. The van der Waals surface area contributed by atoms with Crippen molar-refractivity contribution in [3.63, 3.8) is 0 Å². The molecule has 10 atom stereocenters. The molecule has 0 spiro atoms. The molecule has 0 bridgehead atoms. The van der Waals surface area contributed by atoms with Gasteiger partial charge in [-0.15, -0.1) is 0 Å². The molecule has 6 amide bonds. The number of hydrogen-bond donors (Lipinski definition) is 5. The first-order chi connectivity index (χ1) is 35.7. The van der Waals surface area contributed by atoms with E-state index in [1.54, 1.807) is 48.5 Å². The Hall–Kier alpha value is -4.20. The molecule has 2 saturated heterocycles. The van der Waals surface area contributed by atoms with Crippen molar-refractivity contribution in [1.82, 2.24) is 31.1 Å². The van der Waals surface area contributed by atoms with Crippen LogP contribution in [0.25, 0.3) is 0 Å². The summed E-state index contributed by atoms with van der Waals surface area (Å²) in [4.78, 5) is 130. The quantitative estimate of drug-likeness (QED) is 0.0803. The molecule has 0 aromatic carbocycles. The zero-order chi connectivity index (χ0) is 56.8. The molecule has 6 aliphatic rings. The van der Waals surface area contributed by atoms with Crippen LogP contribution in [0.3, 0.4) is 0 Å². The average Bonchev–Trinajstić information content (AvgIpc) is 4.07. The van der Waals surface area contributed by atoms with E-state index in [2.05, 4.69) is 58.5 Å². The van der Waals surface area contributed by atoms with Crippen LogP contribution in [0.2, 0.25) is 0 Å². The van der Waals surface area contributed by atoms with Crippen molar-refractivity contribution < 1.29 is 102 Å². The molecule has 4 heterocycles. The molecule has 0 radical (unpaired) electrons. The predicted molar refractivity (Wildman–Crippen MR) is 297 cm³/mol. The molecule has 2 saturated carbocycles. The second-order valence-corrected chi connectivity index (χ2v) is 22.0. The minimum Gasteiger partial charge on any atom is -1.00 e. The predicted octanol–water partition coefficient (Wildman–Crippen LogP) is 2.33. The third kappa shape index (κ3) is 20.4. The van der Waals surface area contributed by atoms with E-state index in [4.69, 9.17) is 23.7 Å². The molecule has 6 rings (SSSR count). The van der Waals surface area contributed by atoms with Gasteiger partial charge in [0, 0.05) is 75.8 Å². The molecule has 4 fully saturated rings. The summed E-state index contributed by atoms with van der Waals surface area (Å²) in [5.41, 5.74) is -4.12. The van der Waals surface area contributed by atoms with Gasteiger partial charge in [0.1, 0.15) is 58.7 Å². The summed E-state index contributed by atoms with van der Waals surface area (Å²) in [5, 5.41) is 20.7. The van der Waals surface area contributed by atoms with Crippen LogP contribution in [0.5, 0.6) is 0 Å². The van der Waals surface area contributed by atoms with E-state index in [1.807, 2.05) is 24.3 Å². The van der Waals surface area contributed by atoms with Crippen LogP contribution in [-0.4, -0.2) is 158 Å². The zero-order valence-corrected chi connectivity index (χ0v) is 51.0. The van der Waals surface area contributed by atoms with Crippen LogP contribution in [0.1, 0.15) is 154 Å².